The van der Waals surface area contributed by atoms with E-state index in [9.17, 15) is 13.2 Å². The number of thiophene rings is 1. The quantitative estimate of drug-likeness (QED) is 0.393. The fraction of sp³-hybridized carbons (Fsp3) is 0.400. The summed E-state index contributed by atoms with van der Waals surface area (Å²) in [7, 11) is -3.97. The van der Waals surface area contributed by atoms with Gasteiger partial charge in [-0.05, 0) is 78.8 Å². The molecule has 1 saturated carbocycles. The molecule has 3 atom stereocenters. The summed E-state index contributed by atoms with van der Waals surface area (Å²) in [4.78, 5) is 22.5. The minimum atomic E-state index is -3.97. The molecule has 2 aliphatic rings. The van der Waals surface area contributed by atoms with Crippen LogP contribution in [0.3, 0.4) is 0 Å². The van der Waals surface area contributed by atoms with Crippen LogP contribution in [0.4, 0.5) is 5.82 Å². The molecule has 3 aromatic rings. The second kappa shape index (κ2) is 10.4. The van der Waals surface area contributed by atoms with Crippen molar-refractivity contribution in [1.29, 1.82) is 0 Å². The number of ether oxygens (including phenoxy) is 1. The van der Waals surface area contributed by atoms with Crippen LogP contribution < -0.4 is 10.5 Å². The monoisotopic (exact) mass is 562 g/mol. The number of aromatic nitrogens is 2. The Kier molecular flexibility index (Phi) is 7.36. The summed E-state index contributed by atoms with van der Waals surface area (Å²) >= 11 is 7.65. The van der Waals surface area contributed by atoms with E-state index in [4.69, 9.17) is 25.7 Å². The zero-order chi connectivity index (χ0) is 26.2. The summed E-state index contributed by atoms with van der Waals surface area (Å²) in [5, 5.41) is 10.9. The number of fused-ring (bicyclic) bond motifs is 1. The Labute approximate surface area is 224 Å². The maximum absolute atomic E-state index is 13.5. The van der Waals surface area contributed by atoms with Gasteiger partial charge in [0.05, 0.1) is 23.7 Å². The van der Waals surface area contributed by atoms with Gasteiger partial charge in [0.15, 0.2) is 0 Å². The lowest BCUT2D eigenvalue weighted by Crippen LogP contribution is -2.33. The number of hydrogen-bond donors (Lipinski definition) is 2. The molecule has 12 heteroatoms. The number of nitrogens with two attached hydrogens (primary N) is 1. The average Bonchev–Trinajstić information content (AvgIpc) is 3.53. The summed E-state index contributed by atoms with van der Waals surface area (Å²) < 4.78 is 33.2. The SMILES string of the molecule is CC1(c2csc(C(=O)c3cncnc3N[C@H]3CC[C@@H](COS(N)(=O)=O)C3)c2)OCCc2ccc(Cl)cc21. The van der Waals surface area contributed by atoms with Gasteiger partial charge >= 0.3 is 10.3 Å². The summed E-state index contributed by atoms with van der Waals surface area (Å²) in [6.07, 6.45) is 5.96. The first-order valence-electron chi connectivity index (χ1n) is 11.9. The summed E-state index contributed by atoms with van der Waals surface area (Å²) in [6, 6.07) is 7.75. The van der Waals surface area contributed by atoms with Crippen molar-refractivity contribution in [2.45, 2.75) is 44.2 Å². The van der Waals surface area contributed by atoms with Crippen molar-refractivity contribution in [1.82, 2.24) is 9.97 Å². The van der Waals surface area contributed by atoms with Crippen molar-refractivity contribution >= 4 is 44.8 Å². The maximum Gasteiger partial charge on any atom is 0.333 e. The van der Waals surface area contributed by atoms with E-state index in [1.54, 1.807) is 0 Å². The van der Waals surface area contributed by atoms with Crippen molar-refractivity contribution in [3.8, 4) is 0 Å². The van der Waals surface area contributed by atoms with Crippen LogP contribution in [-0.2, 0) is 31.2 Å². The number of nitrogens with one attached hydrogen (secondary N) is 1. The van der Waals surface area contributed by atoms with Gasteiger partial charge in [0, 0.05) is 17.3 Å². The summed E-state index contributed by atoms with van der Waals surface area (Å²) in [6.45, 7) is 2.63. The van der Waals surface area contributed by atoms with Gasteiger partial charge in [-0.2, -0.15) is 8.42 Å². The lowest BCUT2D eigenvalue weighted by molar-refractivity contribution is -0.0138. The molecule has 0 spiro atoms. The van der Waals surface area contributed by atoms with Crippen LogP contribution in [0.1, 0.15) is 58.1 Å². The molecule has 1 aliphatic heterocycles. The highest BCUT2D eigenvalue weighted by Crippen LogP contribution is 2.42. The molecule has 1 unspecified atom stereocenters. The van der Waals surface area contributed by atoms with E-state index in [-0.39, 0.29) is 24.3 Å². The lowest BCUT2D eigenvalue weighted by Gasteiger charge is -2.36. The van der Waals surface area contributed by atoms with E-state index in [1.807, 2.05) is 36.6 Å². The molecule has 0 amide bonds. The highest BCUT2D eigenvalue weighted by Gasteiger charge is 2.37. The van der Waals surface area contributed by atoms with Crippen LogP contribution >= 0.6 is 22.9 Å². The van der Waals surface area contributed by atoms with Gasteiger partial charge in [-0.15, -0.1) is 11.3 Å². The molecular formula is C25H27ClN4O5S2. The summed E-state index contributed by atoms with van der Waals surface area (Å²) in [5.74, 6) is 0.312. The van der Waals surface area contributed by atoms with E-state index >= 15 is 0 Å². The Morgan fingerprint density at radius 1 is 1.35 bits per heavy atom. The Bertz CT molecular complexity index is 1430. The number of rotatable bonds is 8. The molecular weight excluding hydrogens is 536 g/mol. The van der Waals surface area contributed by atoms with E-state index in [2.05, 4.69) is 15.3 Å². The van der Waals surface area contributed by atoms with E-state index in [0.717, 1.165) is 30.4 Å². The molecule has 5 rings (SSSR count). The van der Waals surface area contributed by atoms with Crippen LogP contribution in [0.2, 0.25) is 5.02 Å². The van der Waals surface area contributed by atoms with Crippen molar-refractivity contribution in [2.24, 2.45) is 11.1 Å². The van der Waals surface area contributed by atoms with Crippen LogP contribution in [-0.4, -0.2) is 43.4 Å². The minimum absolute atomic E-state index is 0.0187. The van der Waals surface area contributed by atoms with Crippen LogP contribution in [0.25, 0.3) is 0 Å². The Hall–Kier alpha value is -2.41. The number of nitrogens with zero attached hydrogens (tertiary/aromatic N) is 2. The van der Waals surface area contributed by atoms with Crippen molar-refractivity contribution < 1.29 is 22.1 Å². The Morgan fingerprint density at radius 2 is 2.19 bits per heavy atom. The van der Waals surface area contributed by atoms with E-state index < -0.39 is 15.9 Å². The molecule has 3 heterocycles. The van der Waals surface area contributed by atoms with Gasteiger partial charge in [0.25, 0.3) is 0 Å². The molecule has 2 aromatic heterocycles. The average molecular weight is 563 g/mol. The van der Waals surface area contributed by atoms with Crippen molar-refractivity contribution in [2.75, 3.05) is 18.5 Å². The van der Waals surface area contributed by atoms with E-state index in [0.29, 0.717) is 34.3 Å². The van der Waals surface area contributed by atoms with Gasteiger partial charge in [-0.1, -0.05) is 17.7 Å². The number of ketones is 1. The topological polar surface area (TPSA) is 133 Å². The number of carbonyl (C=O) groups is 1. The first-order chi connectivity index (χ1) is 17.6. The minimum Gasteiger partial charge on any atom is -0.367 e. The highest BCUT2D eigenvalue weighted by molar-refractivity contribution is 7.84. The molecule has 0 bridgehead atoms. The van der Waals surface area contributed by atoms with Gasteiger partial charge in [-0.3, -0.25) is 8.98 Å². The van der Waals surface area contributed by atoms with Crippen LogP contribution in [0, 0.1) is 5.92 Å². The second-order valence-corrected chi connectivity index (χ2v) is 12.1. The number of anilines is 1. The molecule has 1 fully saturated rings. The first kappa shape index (κ1) is 26.2. The summed E-state index contributed by atoms with van der Waals surface area (Å²) in [5.41, 5.74) is 2.75. The predicted octanol–water partition coefficient (Wildman–Crippen LogP) is 4.06. The number of hydrogen-bond acceptors (Lipinski definition) is 9. The van der Waals surface area contributed by atoms with Gasteiger partial charge in [-0.25, -0.2) is 15.1 Å². The van der Waals surface area contributed by atoms with Gasteiger partial charge < -0.3 is 10.1 Å². The third-order valence-corrected chi connectivity index (χ3v) is 8.66. The highest BCUT2D eigenvalue weighted by atomic mass is 35.5. The van der Waals surface area contributed by atoms with Crippen LogP contribution in [0.5, 0.6) is 0 Å². The fourth-order valence-corrected chi connectivity index (χ4v) is 6.60. The number of carbonyl (C=O) groups excluding carboxylic acids is 1. The maximum atomic E-state index is 13.5. The Balaban J connectivity index is 1.34. The lowest BCUT2D eigenvalue weighted by atomic mass is 9.83. The molecule has 3 N–H and O–H groups in total. The normalized spacial score (nSPS) is 23.5. The molecule has 37 heavy (non-hydrogen) atoms. The molecule has 9 nitrogen and oxygen atoms in total. The molecule has 0 radical (unpaired) electrons. The van der Waals surface area contributed by atoms with E-state index in [1.165, 1.54) is 29.4 Å². The van der Waals surface area contributed by atoms with Crippen molar-refractivity contribution in [3.63, 3.8) is 0 Å². The zero-order valence-electron chi connectivity index (χ0n) is 20.1. The smallest absolute Gasteiger partial charge is 0.333 e. The van der Waals surface area contributed by atoms with Crippen molar-refractivity contribution in [3.05, 3.63) is 74.3 Å². The van der Waals surface area contributed by atoms with Gasteiger partial charge in [0.1, 0.15) is 17.7 Å². The number of halogens is 1. The molecule has 1 aromatic carbocycles. The predicted molar refractivity (Wildman–Crippen MR) is 141 cm³/mol. The molecule has 0 saturated heterocycles. The fourth-order valence-electron chi connectivity index (χ4n) is 5.08. The third kappa shape index (κ3) is 5.71. The van der Waals surface area contributed by atoms with Crippen LogP contribution in [0.15, 0.2) is 42.2 Å². The number of benzene rings is 1. The van der Waals surface area contributed by atoms with Gasteiger partial charge in [0.2, 0.25) is 5.78 Å². The Morgan fingerprint density at radius 3 is 3.00 bits per heavy atom. The molecule has 196 valence electrons. The first-order valence-corrected chi connectivity index (χ1v) is 14.7. The largest absolute Gasteiger partial charge is 0.367 e. The third-order valence-electron chi connectivity index (χ3n) is 7.03. The zero-order valence-corrected chi connectivity index (χ0v) is 22.5. The second-order valence-electron chi connectivity index (χ2n) is 9.54. The molecule has 1 aliphatic carbocycles. The standard InChI is InChI=1S/C25H27ClN4O5S2/c1-25(21-10-18(26)4-3-16(21)6-7-34-25)17-9-22(36-13-17)23(31)20-11-28-14-29-24(20)30-19-5-2-15(8-19)12-35-37(27,32)33/h3-4,9-11,13-15,19H,2,5-8,12H2,1H3,(H2,27,32,33)(H,28,29,30)/t15-,19+,25?/m1/s1.